The van der Waals surface area contributed by atoms with Crippen molar-refractivity contribution in [3.05, 3.63) is 0 Å². The van der Waals surface area contributed by atoms with Gasteiger partial charge in [0, 0.05) is 6.04 Å². The van der Waals surface area contributed by atoms with Gasteiger partial charge in [-0.1, -0.05) is 20.8 Å². The summed E-state index contributed by atoms with van der Waals surface area (Å²) >= 11 is 0. The fourth-order valence-electron chi connectivity index (χ4n) is 3.06. The molecule has 0 aromatic carbocycles. The van der Waals surface area contributed by atoms with Gasteiger partial charge in [0.1, 0.15) is 5.54 Å². The van der Waals surface area contributed by atoms with Crippen LogP contribution in [0.3, 0.4) is 0 Å². The molecule has 0 aromatic rings. The molecule has 2 atom stereocenters. The fourth-order valence-corrected chi connectivity index (χ4v) is 3.06. The molecule has 1 aliphatic rings. The molecule has 1 rings (SSSR count). The van der Waals surface area contributed by atoms with E-state index in [2.05, 4.69) is 38.0 Å². The van der Waals surface area contributed by atoms with Gasteiger partial charge in [-0.15, -0.1) is 0 Å². The number of carbonyl (C=O) groups is 1. The molecule has 1 aliphatic carbocycles. The summed E-state index contributed by atoms with van der Waals surface area (Å²) < 4.78 is 0. The van der Waals surface area contributed by atoms with Crippen molar-refractivity contribution in [3.63, 3.8) is 0 Å². The monoisotopic (exact) mass is 284 g/mol. The highest BCUT2D eigenvalue weighted by molar-refractivity contribution is 5.79. The lowest BCUT2D eigenvalue weighted by Gasteiger charge is -2.42. The maximum atomic E-state index is 11.7. The molecule has 0 radical (unpaired) electrons. The minimum atomic E-state index is -0.703. The average Bonchev–Trinajstić information content (AvgIpc) is 2.42. The quantitative estimate of drug-likeness (QED) is 0.719. The highest BCUT2D eigenvalue weighted by Gasteiger charge is 2.43. The first kappa shape index (κ1) is 17.4. The first-order valence-corrected chi connectivity index (χ1v) is 8.10. The Hall–Kier alpha value is -0.610. The topological polar surface area (TPSA) is 52.6 Å². The van der Waals surface area contributed by atoms with Crippen molar-refractivity contribution < 1.29 is 9.90 Å². The third-order valence-corrected chi connectivity index (χ3v) is 4.53. The molecule has 1 fully saturated rings. The smallest absolute Gasteiger partial charge is 0.323 e. The van der Waals surface area contributed by atoms with Gasteiger partial charge in [-0.3, -0.25) is 4.79 Å². The van der Waals surface area contributed by atoms with Crippen LogP contribution in [-0.2, 0) is 4.79 Å². The van der Waals surface area contributed by atoms with E-state index in [1.54, 1.807) is 0 Å². The minimum Gasteiger partial charge on any atom is -0.480 e. The molecule has 0 spiro atoms. The van der Waals surface area contributed by atoms with Crippen molar-refractivity contribution in [3.8, 4) is 0 Å². The highest BCUT2D eigenvalue weighted by atomic mass is 16.4. The zero-order chi connectivity index (χ0) is 15.2. The molecular formula is C16H32N2O2. The Bertz CT molecular complexity index is 307. The number of hydrogen-bond donors (Lipinski definition) is 2. The number of hydrogen-bond acceptors (Lipinski definition) is 3. The lowest BCUT2D eigenvalue weighted by molar-refractivity contribution is -0.147. The molecule has 2 N–H and O–H groups in total. The van der Waals surface area contributed by atoms with E-state index in [0.29, 0.717) is 12.0 Å². The Labute approximate surface area is 123 Å². The molecule has 1 saturated carbocycles. The van der Waals surface area contributed by atoms with E-state index in [1.165, 1.54) is 6.42 Å². The Morgan fingerprint density at radius 1 is 1.50 bits per heavy atom. The summed E-state index contributed by atoms with van der Waals surface area (Å²) in [6.45, 7) is 8.40. The van der Waals surface area contributed by atoms with Crippen molar-refractivity contribution in [1.82, 2.24) is 10.2 Å². The lowest BCUT2D eigenvalue weighted by atomic mass is 9.78. The Balaban J connectivity index is 2.64. The zero-order valence-corrected chi connectivity index (χ0v) is 13.6. The summed E-state index contributed by atoms with van der Waals surface area (Å²) in [5, 5.41) is 13.0. The van der Waals surface area contributed by atoms with Gasteiger partial charge in [-0.05, 0) is 64.6 Å². The molecule has 0 aromatic heterocycles. The number of rotatable bonds is 8. The van der Waals surface area contributed by atoms with Crippen LogP contribution < -0.4 is 5.32 Å². The molecule has 118 valence electrons. The van der Waals surface area contributed by atoms with Crippen molar-refractivity contribution in [2.75, 3.05) is 20.1 Å². The van der Waals surface area contributed by atoms with Gasteiger partial charge in [0.25, 0.3) is 0 Å². The normalized spacial score (nSPS) is 27.2. The van der Waals surface area contributed by atoms with Crippen LogP contribution >= 0.6 is 0 Å². The van der Waals surface area contributed by atoms with E-state index in [0.717, 1.165) is 45.2 Å². The van der Waals surface area contributed by atoms with Crippen molar-refractivity contribution in [2.24, 2.45) is 5.92 Å². The van der Waals surface area contributed by atoms with Gasteiger partial charge in [-0.2, -0.15) is 0 Å². The SMILES string of the molecule is CCCNC1(C(=O)O)CCCC(N(C)CCC(C)C)C1. The van der Waals surface area contributed by atoms with Crippen LogP contribution in [-0.4, -0.2) is 47.7 Å². The van der Waals surface area contributed by atoms with Gasteiger partial charge < -0.3 is 15.3 Å². The molecule has 0 saturated heterocycles. The first-order chi connectivity index (χ1) is 9.41. The first-order valence-electron chi connectivity index (χ1n) is 8.10. The Kier molecular flexibility index (Phi) is 6.96. The van der Waals surface area contributed by atoms with E-state index in [9.17, 15) is 9.90 Å². The minimum absolute atomic E-state index is 0.392. The van der Waals surface area contributed by atoms with Crippen LogP contribution in [0.2, 0.25) is 0 Å². The third kappa shape index (κ3) is 4.74. The Morgan fingerprint density at radius 2 is 2.20 bits per heavy atom. The summed E-state index contributed by atoms with van der Waals surface area (Å²) in [6, 6.07) is 0.392. The lowest BCUT2D eigenvalue weighted by Crippen LogP contribution is -2.58. The molecule has 0 heterocycles. The predicted molar refractivity (Wildman–Crippen MR) is 83.0 cm³/mol. The molecule has 2 unspecified atom stereocenters. The highest BCUT2D eigenvalue weighted by Crippen LogP contribution is 2.31. The maximum absolute atomic E-state index is 11.7. The van der Waals surface area contributed by atoms with Crippen LogP contribution in [0.1, 0.15) is 59.3 Å². The van der Waals surface area contributed by atoms with Gasteiger partial charge in [0.2, 0.25) is 0 Å². The number of aliphatic carboxylic acids is 1. The summed E-state index contributed by atoms with van der Waals surface area (Å²) in [6.07, 6.45) is 5.77. The molecule has 0 amide bonds. The molecular weight excluding hydrogens is 252 g/mol. The van der Waals surface area contributed by atoms with Crippen LogP contribution in [0.5, 0.6) is 0 Å². The van der Waals surface area contributed by atoms with Crippen molar-refractivity contribution >= 4 is 5.97 Å². The maximum Gasteiger partial charge on any atom is 0.323 e. The molecule has 4 nitrogen and oxygen atoms in total. The largest absolute Gasteiger partial charge is 0.480 e. The second kappa shape index (κ2) is 7.99. The summed E-state index contributed by atoms with van der Waals surface area (Å²) in [5.74, 6) is 0.0244. The molecule has 4 heteroatoms. The standard InChI is InChI=1S/C16H32N2O2/c1-5-10-17-16(15(19)20)9-6-7-14(12-16)18(4)11-8-13(2)3/h13-14,17H,5-12H2,1-4H3,(H,19,20). The van der Waals surface area contributed by atoms with Crippen LogP contribution in [0.25, 0.3) is 0 Å². The van der Waals surface area contributed by atoms with Gasteiger partial charge in [-0.25, -0.2) is 0 Å². The van der Waals surface area contributed by atoms with E-state index in [-0.39, 0.29) is 0 Å². The zero-order valence-electron chi connectivity index (χ0n) is 13.6. The number of carboxylic acids is 1. The average molecular weight is 284 g/mol. The van der Waals surface area contributed by atoms with E-state index >= 15 is 0 Å². The van der Waals surface area contributed by atoms with Gasteiger partial charge in [0.15, 0.2) is 0 Å². The van der Waals surface area contributed by atoms with E-state index in [1.807, 2.05) is 0 Å². The van der Waals surface area contributed by atoms with Gasteiger partial charge in [0.05, 0.1) is 0 Å². The predicted octanol–water partition coefficient (Wildman–Crippen LogP) is 2.73. The summed E-state index contributed by atoms with van der Waals surface area (Å²) in [5.41, 5.74) is -0.703. The van der Waals surface area contributed by atoms with Crippen molar-refractivity contribution in [2.45, 2.75) is 70.9 Å². The number of nitrogens with zero attached hydrogens (tertiary/aromatic N) is 1. The second-order valence-electron chi connectivity index (χ2n) is 6.73. The third-order valence-electron chi connectivity index (χ3n) is 4.53. The second-order valence-corrected chi connectivity index (χ2v) is 6.73. The molecule has 0 aliphatic heterocycles. The van der Waals surface area contributed by atoms with Crippen LogP contribution in [0.15, 0.2) is 0 Å². The fraction of sp³-hybridized carbons (Fsp3) is 0.938. The van der Waals surface area contributed by atoms with E-state index < -0.39 is 11.5 Å². The number of nitrogens with one attached hydrogen (secondary N) is 1. The van der Waals surface area contributed by atoms with Gasteiger partial charge >= 0.3 is 5.97 Å². The summed E-state index contributed by atoms with van der Waals surface area (Å²) in [4.78, 5) is 14.1. The molecule has 20 heavy (non-hydrogen) atoms. The molecule has 0 bridgehead atoms. The van der Waals surface area contributed by atoms with Crippen LogP contribution in [0.4, 0.5) is 0 Å². The van der Waals surface area contributed by atoms with Crippen molar-refractivity contribution in [1.29, 1.82) is 0 Å². The van der Waals surface area contributed by atoms with Crippen LogP contribution in [0, 0.1) is 5.92 Å². The Morgan fingerprint density at radius 3 is 2.75 bits per heavy atom. The number of carboxylic acid groups (broad SMARTS) is 1. The van der Waals surface area contributed by atoms with E-state index in [4.69, 9.17) is 0 Å². The summed E-state index contributed by atoms with van der Waals surface area (Å²) in [7, 11) is 2.14.